The standard InChI is InChI=1S/C16H26ClN3O/c1-5-6-9-20(4)15(11(2)3)16(21)19-12-7-8-13(17)14(18)10-12/h7-8,10-11,15H,5-6,9,18H2,1-4H3,(H,19,21). The number of hydrogen-bond acceptors (Lipinski definition) is 3. The van der Waals surface area contributed by atoms with E-state index in [1.807, 2.05) is 7.05 Å². The predicted octanol–water partition coefficient (Wildman–Crippen LogP) is 3.62. The molecule has 1 unspecified atom stereocenters. The van der Waals surface area contributed by atoms with Gasteiger partial charge in [0.05, 0.1) is 16.8 Å². The summed E-state index contributed by atoms with van der Waals surface area (Å²) in [7, 11) is 2.00. The van der Waals surface area contributed by atoms with Crippen molar-refractivity contribution >= 4 is 28.9 Å². The van der Waals surface area contributed by atoms with Crippen molar-refractivity contribution in [1.82, 2.24) is 4.90 Å². The highest BCUT2D eigenvalue weighted by atomic mass is 35.5. The minimum Gasteiger partial charge on any atom is -0.397 e. The van der Waals surface area contributed by atoms with Crippen molar-refractivity contribution in [2.45, 2.75) is 39.7 Å². The Labute approximate surface area is 132 Å². The van der Waals surface area contributed by atoms with Crippen molar-refractivity contribution < 1.29 is 4.79 Å². The molecule has 0 aliphatic carbocycles. The molecular weight excluding hydrogens is 286 g/mol. The molecule has 1 atom stereocenters. The third-order valence-corrected chi connectivity index (χ3v) is 3.85. The van der Waals surface area contributed by atoms with Crippen LogP contribution >= 0.6 is 11.6 Å². The van der Waals surface area contributed by atoms with Gasteiger partial charge in [0.25, 0.3) is 0 Å². The Morgan fingerprint density at radius 3 is 2.62 bits per heavy atom. The van der Waals surface area contributed by atoms with Gasteiger partial charge in [-0.1, -0.05) is 38.8 Å². The lowest BCUT2D eigenvalue weighted by Crippen LogP contribution is -2.45. The van der Waals surface area contributed by atoms with E-state index in [0.717, 1.165) is 19.4 Å². The molecule has 1 amide bonds. The van der Waals surface area contributed by atoms with Gasteiger partial charge in [-0.3, -0.25) is 9.69 Å². The van der Waals surface area contributed by atoms with Crippen molar-refractivity contribution in [3.05, 3.63) is 23.2 Å². The van der Waals surface area contributed by atoms with Crippen LogP contribution in [0.3, 0.4) is 0 Å². The van der Waals surface area contributed by atoms with Gasteiger partial charge in [0, 0.05) is 5.69 Å². The summed E-state index contributed by atoms with van der Waals surface area (Å²) in [5.74, 6) is 0.224. The van der Waals surface area contributed by atoms with Crippen LogP contribution in [0, 0.1) is 5.92 Å². The van der Waals surface area contributed by atoms with E-state index >= 15 is 0 Å². The van der Waals surface area contributed by atoms with E-state index in [1.165, 1.54) is 0 Å². The zero-order valence-corrected chi connectivity index (χ0v) is 14.1. The summed E-state index contributed by atoms with van der Waals surface area (Å²) in [5.41, 5.74) is 6.91. The Balaban J connectivity index is 2.79. The van der Waals surface area contributed by atoms with E-state index in [-0.39, 0.29) is 17.9 Å². The minimum atomic E-state index is -0.159. The molecule has 0 aliphatic heterocycles. The number of anilines is 2. The summed E-state index contributed by atoms with van der Waals surface area (Å²) in [6.45, 7) is 7.18. The van der Waals surface area contributed by atoms with Crippen LogP contribution < -0.4 is 11.1 Å². The number of carbonyl (C=O) groups excluding carboxylic acids is 1. The second-order valence-electron chi connectivity index (χ2n) is 5.75. The molecular formula is C16H26ClN3O. The van der Waals surface area contributed by atoms with Gasteiger partial charge in [-0.25, -0.2) is 0 Å². The number of nitrogens with two attached hydrogens (primary N) is 1. The molecule has 5 heteroatoms. The van der Waals surface area contributed by atoms with Crippen LogP contribution in [0.4, 0.5) is 11.4 Å². The Morgan fingerprint density at radius 1 is 1.43 bits per heavy atom. The van der Waals surface area contributed by atoms with E-state index in [2.05, 4.69) is 31.0 Å². The van der Waals surface area contributed by atoms with Crippen molar-refractivity contribution in [3.63, 3.8) is 0 Å². The second-order valence-corrected chi connectivity index (χ2v) is 6.16. The van der Waals surface area contributed by atoms with Crippen LogP contribution in [-0.2, 0) is 4.79 Å². The summed E-state index contributed by atoms with van der Waals surface area (Å²) >= 11 is 5.89. The van der Waals surface area contributed by atoms with Crippen molar-refractivity contribution in [3.8, 4) is 0 Å². The molecule has 0 radical (unpaired) electrons. The van der Waals surface area contributed by atoms with Gasteiger partial charge in [0.1, 0.15) is 0 Å². The Hall–Kier alpha value is -1.26. The lowest BCUT2D eigenvalue weighted by molar-refractivity contribution is -0.122. The molecule has 21 heavy (non-hydrogen) atoms. The normalized spacial score (nSPS) is 12.7. The molecule has 0 fully saturated rings. The zero-order chi connectivity index (χ0) is 16.0. The van der Waals surface area contributed by atoms with Gasteiger partial charge in [-0.05, 0) is 44.1 Å². The Kier molecular flexibility index (Phi) is 6.99. The van der Waals surface area contributed by atoms with Crippen LogP contribution in [0.15, 0.2) is 18.2 Å². The number of likely N-dealkylation sites (N-methyl/N-ethyl adjacent to an activating group) is 1. The molecule has 0 aromatic heterocycles. The maximum absolute atomic E-state index is 12.5. The smallest absolute Gasteiger partial charge is 0.241 e. The van der Waals surface area contributed by atoms with Gasteiger partial charge in [-0.15, -0.1) is 0 Å². The van der Waals surface area contributed by atoms with Crippen LogP contribution in [0.5, 0.6) is 0 Å². The molecule has 0 saturated heterocycles. The number of rotatable bonds is 7. The topological polar surface area (TPSA) is 58.4 Å². The second kappa shape index (κ2) is 8.25. The quantitative estimate of drug-likeness (QED) is 0.756. The van der Waals surface area contributed by atoms with Gasteiger partial charge < -0.3 is 11.1 Å². The molecule has 118 valence electrons. The SMILES string of the molecule is CCCCN(C)C(C(=O)Nc1ccc(Cl)c(N)c1)C(C)C. The number of unbranched alkanes of at least 4 members (excludes halogenated alkanes) is 1. The molecule has 1 aromatic rings. The van der Waals surface area contributed by atoms with Gasteiger partial charge in [-0.2, -0.15) is 0 Å². The van der Waals surface area contributed by atoms with Crippen LogP contribution in [-0.4, -0.2) is 30.4 Å². The number of halogens is 1. The highest BCUT2D eigenvalue weighted by Crippen LogP contribution is 2.23. The summed E-state index contributed by atoms with van der Waals surface area (Å²) in [6.07, 6.45) is 2.20. The number of nitrogens with one attached hydrogen (secondary N) is 1. The molecule has 0 saturated carbocycles. The predicted molar refractivity (Wildman–Crippen MR) is 90.7 cm³/mol. The van der Waals surface area contributed by atoms with E-state index in [4.69, 9.17) is 17.3 Å². The van der Waals surface area contributed by atoms with Gasteiger partial charge >= 0.3 is 0 Å². The fraction of sp³-hybridized carbons (Fsp3) is 0.562. The first-order chi connectivity index (χ1) is 9.86. The number of amides is 1. The third kappa shape index (κ3) is 5.21. The average molecular weight is 312 g/mol. The molecule has 0 aliphatic rings. The lowest BCUT2D eigenvalue weighted by Gasteiger charge is -2.30. The molecule has 0 heterocycles. The molecule has 1 rings (SSSR count). The average Bonchev–Trinajstić information content (AvgIpc) is 2.40. The summed E-state index contributed by atoms with van der Waals surface area (Å²) in [4.78, 5) is 14.6. The summed E-state index contributed by atoms with van der Waals surface area (Å²) in [5, 5.41) is 3.42. The third-order valence-electron chi connectivity index (χ3n) is 3.50. The van der Waals surface area contributed by atoms with Gasteiger partial charge in [0.15, 0.2) is 0 Å². The number of carbonyl (C=O) groups is 1. The van der Waals surface area contributed by atoms with E-state index in [9.17, 15) is 4.79 Å². The monoisotopic (exact) mass is 311 g/mol. The van der Waals surface area contributed by atoms with E-state index < -0.39 is 0 Å². The summed E-state index contributed by atoms with van der Waals surface area (Å²) < 4.78 is 0. The van der Waals surface area contributed by atoms with Crippen molar-refractivity contribution in [2.75, 3.05) is 24.6 Å². The number of hydrogen-bond donors (Lipinski definition) is 2. The van der Waals surface area contributed by atoms with Crippen LogP contribution in [0.25, 0.3) is 0 Å². The molecule has 3 N–H and O–H groups in total. The molecule has 1 aromatic carbocycles. The zero-order valence-electron chi connectivity index (χ0n) is 13.3. The van der Waals surface area contributed by atoms with Crippen molar-refractivity contribution in [2.24, 2.45) is 5.92 Å². The highest BCUT2D eigenvalue weighted by molar-refractivity contribution is 6.33. The Morgan fingerprint density at radius 2 is 2.10 bits per heavy atom. The first-order valence-electron chi connectivity index (χ1n) is 7.43. The fourth-order valence-corrected chi connectivity index (χ4v) is 2.51. The first kappa shape index (κ1) is 17.8. The van der Waals surface area contributed by atoms with Crippen LogP contribution in [0.2, 0.25) is 5.02 Å². The molecule has 4 nitrogen and oxygen atoms in total. The Bertz CT molecular complexity index is 477. The largest absolute Gasteiger partial charge is 0.397 e. The number of nitrogen functional groups attached to an aromatic ring is 1. The van der Waals surface area contributed by atoms with Crippen molar-refractivity contribution in [1.29, 1.82) is 0 Å². The van der Waals surface area contributed by atoms with Crippen LogP contribution in [0.1, 0.15) is 33.6 Å². The maximum atomic E-state index is 12.5. The number of benzene rings is 1. The molecule has 0 bridgehead atoms. The number of nitrogens with zero attached hydrogens (tertiary/aromatic N) is 1. The summed E-state index contributed by atoms with van der Waals surface area (Å²) in [6, 6.07) is 4.98. The first-order valence-corrected chi connectivity index (χ1v) is 7.80. The fourth-order valence-electron chi connectivity index (χ4n) is 2.40. The lowest BCUT2D eigenvalue weighted by atomic mass is 10.0. The van der Waals surface area contributed by atoms with E-state index in [1.54, 1.807) is 18.2 Å². The highest BCUT2D eigenvalue weighted by Gasteiger charge is 2.26. The molecule has 0 spiro atoms. The van der Waals surface area contributed by atoms with Gasteiger partial charge in [0.2, 0.25) is 5.91 Å². The maximum Gasteiger partial charge on any atom is 0.241 e. The van der Waals surface area contributed by atoms with E-state index in [0.29, 0.717) is 16.4 Å². The minimum absolute atomic E-state index is 0.00896.